The number of benzene rings is 1. The number of pyridine rings is 2. The third kappa shape index (κ3) is 4.64. The van der Waals surface area contributed by atoms with Crippen LogP contribution in [-0.4, -0.2) is 27.0 Å². The lowest BCUT2D eigenvalue weighted by atomic mass is 9.97. The average Bonchev–Trinajstić information content (AvgIpc) is 2.76. The summed E-state index contributed by atoms with van der Waals surface area (Å²) in [6.45, 7) is 6.10. The molecule has 0 saturated heterocycles. The van der Waals surface area contributed by atoms with Crippen LogP contribution >= 0.6 is 0 Å². The molecular formula is C24H23N3O4. The van der Waals surface area contributed by atoms with Crippen molar-refractivity contribution >= 4 is 5.78 Å². The van der Waals surface area contributed by atoms with Gasteiger partial charge in [-0.15, -0.1) is 0 Å². The van der Waals surface area contributed by atoms with Gasteiger partial charge in [-0.1, -0.05) is 19.9 Å². The van der Waals surface area contributed by atoms with Crippen LogP contribution in [-0.2, 0) is 6.54 Å². The van der Waals surface area contributed by atoms with Gasteiger partial charge in [0.15, 0.2) is 5.78 Å². The van der Waals surface area contributed by atoms with Crippen LogP contribution in [0.1, 0.15) is 46.5 Å². The number of ether oxygens (including phenoxy) is 1. The molecule has 7 nitrogen and oxygen atoms in total. The van der Waals surface area contributed by atoms with E-state index in [4.69, 9.17) is 4.74 Å². The number of nitriles is 1. The van der Waals surface area contributed by atoms with Gasteiger partial charge in [0.2, 0.25) is 5.88 Å². The number of hydrogen-bond donors (Lipinski definition) is 1. The fourth-order valence-corrected chi connectivity index (χ4v) is 3.15. The molecule has 0 spiro atoms. The predicted molar refractivity (Wildman–Crippen MR) is 115 cm³/mol. The fourth-order valence-electron chi connectivity index (χ4n) is 3.15. The maximum Gasteiger partial charge on any atom is 0.271 e. The molecule has 2 heterocycles. The van der Waals surface area contributed by atoms with Crippen LogP contribution in [0.3, 0.4) is 0 Å². The number of ketones is 1. The summed E-state index contributed by atoms with van der Waals surface area (Å²) in [5.41, 5.74) is 0.203. The number of hydrogen-bond acceptors (Lipinski definition) is 6. The topological polar surface area (TPSA) is 105 Å². The first kappa shape index (κ1) is 21.8. The maximum atomic E-state index is 13.2. The van der Waals surface area contributed by atoms with E-state index in [-0.39, 0.29) is 23.2 Å². The van der Waals surface area contributed by atoms with Crippen LogP contribution in [0.15, 0.2) is 53.6 Å². The Morgan fingerprint density at radius 2 is 1.97 bits per heavy atom. The Kier molecular flexibility index (Phi) is 6.51. The average molecular weight is 417 g/mol. The Labute approximate surface area is 180 Å². The zero-order valence-electron chi connectivity index (χ0n) is 17.6. The highest BCUT2D eigenvalue weighted by atomic mass is 16.5. The van der Waals surface area contributed by atoms with Crippen molar-refractivity contribution in [2.75, 3.05) is 6.61 Å². The molecule has 0 aliphatic heterocycles. The van der Waals surface area contributed by atoms with Gasteiger partial charge in [0.05, 0.1) is 18.7 Å². The second-order valence-corrected chi connectivity index (χ2v) is 7.62. The van der Waals surface area contributed by atoms with Gasteiger partial charge in [0, 0.05) is 18.0 Å². The molecule has 1 aromatic carbocycles. The molecule has 2 aromatic heterocycles. The third-order valence-electron chi connectivity index (χ3n) is 4.79. The number of rotatable bonds is 7. The van der Waals surface area contributed by atoms with E-state index in [0.29, 0.717) is 29.4 Å². The Balaban J connectivity index is 2.04. The summed E-state index contributed by atoms with van der Waals surface area (Å²) in [5, 5.41) is 20.4. The number of aromatic nitrogens is 2. The van der Waals surface area contributed by atoms with Crippen LogP contribution in [0, 0.1) is 24.2 Å². The van der Waals surface area contributed by atoms with Crippen LogP contribution in [0.25, 0.3) is 0 Å². The SMILES string of the molecule is Cc1c(C(=O)c2ccc(OCC(C)C)cc2)c(O)n(Cc2cccnc2)c(=O)c1C#N. The normalized spacial score (nSPS) is 10.7. The monoisotopic (exact) mass is 417 g/mol. The Hall–Kier alpha value is -3.92. The summed E-state index contributed by atoms with van der Waals surface area (Å²) in [7, 11) is 0. The van der Waals surface area contributed by atoms with E-state index in [1.807, 2.05) is 19.9 Å². The number of carbonyl (C=O) groups is 1. The Morgan fingerprint density at radius 1 is 1.26 bits per heavy atom. The number of carbonyl (C=O) groups excluding carboxylic acids is 1. The molecule has 0 atom stereocenters. The van der Waals surface area contributed by atoms with Gasteiger partial charge >= 0.3 is 0 Å². The van der Waals surface area contributed by atoms with Gasteiger partial charge in [-0.25, -0.2) is 0 Å². The van der Waals surface area contributed by atoms with Gasteiger partial charge in [-0.05, 0) is 54.3 Å². The summed E-state index contributed by atoms with van der Waals surface area (Å²) in [4.78, 5) is 30.0. The molecule has 3 rings (SSSR count). The Morgan fingerprint density at radius 3 is 2.55 bits per heavy atom. The first-order valence-corrected chi connectivity index (χ1v) is 9.86. The van der Waals surface area contributed by atoms with Crippen LogP contribution in [0.2, 0.25) is 0 Å². The first-order valence-electron chi connectivity index (χ1n) is 9.86. The van der Waals surface area contributed by atoms with E-state index >= 15 is 0 Å². The van der Waals surface area contributed by atoms with Crippen molar-refractivity contribution in [3.05, 3.63) is 87.0 Å². The summed E-state index contributed by atoms with van der Waals surface area (Å²) in [6.07, 6.45) is 3.14. The van der Waals surface area contributed by atoms with Gasteiger partial charge in [-0.2, -0.15) is 5.26 Å². The zero-order chi connectivity index (χ0) is 22.5. The second kappa shape index (κ2) is 9.26. The smallest absolute Gasteiger partial charge is 0.271 e. The van der Waals surface area contributed by atoms with Crippen molar-refractivity contribution in [2.45, 2.75) is 27.3 Å². The molecular weight excluding hydrogens is 394 g/mol. The molecule has 1 N–H and O–H groups in total. The highest BCUT2D eigenvalue weighted by Crippen LogP contribution is 2.26. The summed E-state index contributed by atoms with van der Waals surface area (Å²) < 4.78 is 6.66. The molecule has 0 unspecified atom stereocenters. The lowest BCUT2D eigenvalue weighted by Gasteiger charge is -2.16. The van der Waals surface area contributed by atoms with Gasteiger partial charge in [-0.3, -0.25) is 19.1 Å². The van der Waals surface area contributed by atoms with E-state index in [9.17, 15) is 20.0 Å². The molecule has 0 saturated carbocycles. The maximum absolute atomic E-state index is 13.2. The van der Waals surface area contributed by atoms with E-state index < -0.39 is 17.2 Å². The van der Waals surface area contributed by atoms with Gasteiger partial charge in [0.25, 0.3) is 5.56 Å². The lowest BCUT2D eigenvalue weighted by Crippen LogP contribution is -2.27. The van der Waals surface area contributed by atoms with Gasteiger partial charge in [0.1, 0.15) is 17.4 Å². The van der Waals surface area contributed by atoms with Crippen LogP contribution in [0.5, 0.6) is 11.6 Å². The van der Waals surface area contributed by atoms with E-state index in [2.05, 4.69) is 4.98 Å². The van der Waals surface area contributed by atoms with Crippen molar-refractivity contribution < 1.29 is 14.6 Å². The molecule has 7 heteroatoms. The fraction of sp³-hybridized carbons (Fsp3) is 0.250. The quantitative estimate of drug-likeness (QED) is 0.591. The van der Waals surface area contributed by atoms with Crippen LogP contribution < -0.4 is 10.3 Å². The highest BCUT2D eigenvalue weighted by molar-refractivity contribution is 6.11. The van der Waals surface area contributed by atoms with Crippen molar-refractivity contribution in [1.82, 2.24) is 9.55 Å². The standard InChI is InChI=1S/C24H23N3O4/c1-15(2)14-31-19-8-6-18(7-9-19)22(28)21-16(3)20(11-25)23(29)27(24(21)30)13-17-5-4-10-26-12-17/h4-10,12,15,30H,13-14H2,1-3H3. The minimum Gasteiger partial charge on any atom is -0.494 e. The van der Waals surface area contributed by atoms with Gasteiger partial charge < -0.3 is 9.84 Å². The molecule has 3 aromatic rings. The molecule has 0 radical (unpaired) electrons. The molecule has 0 aliphatic rings. The van der Waals surface area contributed by atoms with Crippen molar-refractivity contribution in [3.63, 3.8) is 0 Å². The largest absolute Gasteiger partial charge is 0.494 e. The third-order valence-corrected chi connectivity index (χ3v) is 4.79. The van der Waals surface area contributed by atoms with E-state index in [0.717, 1.165) is 4.57 Å². The summed E-state index contributed by atoms with van der Waals surface area (Å²) in [5.74, 6) is 0.0361. The number of aromatic hydroxyl groups is 1. The van der Waals surface area contributed by atoms with Crippen molar-refractivity contribution in [2.24, 2.45) is 5.92 Å². The number of nitrogens with zero attached hydrogens (tertiary/aromatic N) is 3. The van der Waals surface area contributed by atoms with Crippen molar-refractivity contribution in [3.8, 4) is 17.7 Å². The minimum absolute atomic E-state index is 0.0181. The lowest BCUT2D eigenvalue weighted by molar-refractivity contribution is 0.103. The van der Waals surface area contributed by atoms with E-state index in [1.54, 1.807) is 48.8 Å². The van der Waals surface area contributed by atoms with Crippen LogP contribution in [0.4, 0.5) is 0 Å². The molecule has 0 fully saturated rings. The molecule has 0 amide bonds. The molecule has 0 aliphatic carbocycles. The summed E-state index contributed by atoms with van der Waals surface area (Å²) in [6, 6.07) is 11.9. The zero-order valence-corrected chi connectivity index (χ0v) is 17.6. The second-order valence-electron chi connectivity index (χ2n) is 7.62. The molecule has 31 heavy (non-hydrogen) atoms. The minimum atomic E-state index is -0.657. The molecule has 0 bridgehead atoms. The van der Waals surface area contributed by atoms with E-state index in [1.165, 1.54) is 6.92 Å². The summed E-state index contributed by atoms with van der Waals surface area (Å²) >= 11 is 0. The first-order chi connectivity index (χ1) is 14.8. The molecule has 158 valence electrons. The van der Waals surface area contributed by atoms with Crippen molar-refractivity contribution in [1.29, 1.82) is 5.26 Å². The predicted octanol–water partition coefficient (Wildman–Crippen LogP) is 3.44. The highest BCUT2D eigenvalue weighted by Gasteiger charge is 2.25. The Bertz CT molecular complexity index is 1190.